The Morgan fingerprint density at radius 2 is 2.33 bits per heavy atom. The minimum absolute atomic E-state index is 0.0105. The van der Waals surface area contributed by atoms with Gasteiger partial charge in [0, 0.05) is 0 Å². The third-order valence-electron chi connectivity index (χ3n) is 1.49. The lowest BCUT2D eigenvalue weighted by molar-refractivity contribution is 0.0936. The number of halogens is 1. The first-order chi connectivity index (χ1) is 7.11. The zero-order chi connectivity index (χ0) is 11.3. The van der Waals surface area contributed by atoms with Gasteiger partial charge in [-0.15, -0.1) is 0 Å². The predicted molar refractivity (Wildman–Crippen MR) is 51.6 cm³/mol. The van der Waals surface area contributed by atoms with Crippen molar-refractivity contribution in [1.82, 2.24) is 5.32 Å². The Morgan fingerprint density at radius 1 is 1.60 bits per heavy atom. The Balaban J connectivity index is 2.31. The van der Waals surface area contributed by atoms with E-state index < -0.39 is 12.0 Å². The van der Waals surface area contributed by atoms with Crippen LogP contribution in [-0.2, 0) is 4.74 Å². The van der Waals surface area contributed by atoms with Crippen LogP contribution < -0.4 is 11.1 Å². The molecule has 1 aromatic heterocycles. The molecule has 82 valence electrons. The van der Waals surface area contributed by atoms with Crippen LogP contribution in [0.15, 0.2) is 16.7 Å². The number of hydrogen-bond acceptors (Lipinski definition) is 4. The molecule has 0 aliphatic rings. The van der Waals surface area contributed by atoms with Crippen LogP contribution in [0.5, 0.6) is 0 Å². The van der Waals surface area contributed by atoms with Gasteiger partial charge in [0.1, 0.15) is 6.61 Å². The fraction of sp³-hybridized carbons (Fsp3) is 0.250. The quantitative estimate of drug-likeness (QED) is 0.749. The third-order valence-corrected chi connectivity index (χ3v) is 1.79. The number of carbonyl (C=O) groups excluding carboxylic acids is 2. The van der Waals surface area contributed by atoms with Crippen molar-refractivity contribution >= 4 is 23.6 Å². The standard InChI is InChI=1S/C8H9ClN2O4/c9-6-5(1-3-14-6)7(12)11-2-4-15-8(10)13/h1,3H,2,4H2,(H2,10,13)(H,11,12). The van der Waals surface area contributed by atoms with E-state index in [1.165, 1.54) is 12.3 Å². The molecule has 0 saturated heterocycles. The van der Waals surface area contributed by atoms with Gasteiger partial charge in [-0.1, -0.05) is 0 Å². The summed E-state index contributed by atoms with van der Waals surface area (Å²) in [6, 6.07) is 1.44. The van der Waals surface area contributed by atoms with Gasteiger partial charge in [0.2, 0.25) is 5.22 Å². The van der Waals surface area contributed by atoms with E-state index in [0.717, 1.165) is 0 Å². The molecule has 0 fully saturated rings. The molecule has 0 unspecified atom stereocenters. The fourth-order valence-corrected chi connectivity index (χ4v) is 1.07. The molecule has 0 aliphatic heterocycles. The molecule has 0 aromatic carbocycles. The highest BCUT2D eigenvalue weighted by atomic mass is 35.5. The molecule has 2 amide bonds. The molecule has 0 spiro atoms. The maximum absolute atomic E-state index is 11.3. The molecule has 6 nitrogen and oxygen atoms in total. The van der Waals surface area contributed by atoms with E-state index >= 15 is 0 Å². The van der Waals surface area contributed by atoms with Crippen molar-refractivity contribution in [3.05, 3.63) is 23.1 Å². The number of nitrogens with one attached hydrogen (secondary N) is 1. The molecular formula is C8H9ClN2O4. The van der Waals surface area contributed by atoms with Crippen LogP contribution in [0.3, 0.4) is 0 Å². The molecule has 0 atom stereocenters. The SMILES string of the molecule is NC(=O)OCCNC(=O)c1ccoc1Cl. The zero-order valence-corrected chi connectivity index (χ0v) is 8.41. The lowest BCUT2D eigenvalue weighted by Gasteiger charge is -2.03. The summed E-state index contributed by atoms with van der Waals surface area (Å²) >= 11 is 5.57. The van der Waals surface area contributed by atoms with Gasteiger partial charge in [-0.25, -0.2) is 4.79 Å². The van der Waals surface area contributed by atoms with Crippen LogP contribution in [0.2, 0.25) is 5.22 Å². The molecule has 0 radical (unpaired) electrons. The molecule has 1 rings (SSSR count). The summed E-state index contributed by atoms with van der Waals surface area (Å²) < 4.78 is 9.14. The van der Waals surface area contributed by atoms with Gasteiger partial charge >= 0.3 is 6.09 Å². The summed E-state index contributed by atoms with van der Waals surface area (Å²) in [5.41, 5.74) is 4.95. The molecule has 15 heavy (non-hydrogen) atoms. The Kier molecular flexibility index (Phi) is 3.99. The third kappa shape index (κ3) is 3.51. The topological polar surface area (TPSA) is 94.6 Å². The van der Waals surface area contributed by atoms with Crippen LogP contribution in [0.1, 0.15) is 10.4 Å². The van der Waals surface area contributed by atoms with Gasteiger partial charge in [0.05, 0.1) is 18.4 Å². The number of hydrogen-bond donors (Lipinski definition) is 2. The van der Waals surface area contributed by atoms with Gasteiger partial charge in [-0.3, -0.25) is 4.79 Å². The van der Waals surface area contributed by atoms with Gasteiger partial charge in [-0.2, -0.15) is 0 Å². The Hall–Kier alpha value is -1.69. The number of amides is 2. The predicted octanol–water partition coefficient (Wildman–Crippen LogP) is 0.758. The van der Waals surface area contributed by atoms with Gasteiger partial charge in [0.15, 0.2) is 0 Å². The Morgan fingerprint density at radius 3 is 2.87 bits per heavy atom. The summed E-state index contributed by atoms with van der Waals surface area (Å²) in [6.07, 6.45) is 0.419. The Labute approximate surface area is 90.3 Å². The van der Waals surface area contributed by atoms with Gasteiger partial charge < -0.3 is 20.2 Å². The highest BCUT2D eigenvalue weighted by Gasteiger charge is 2.11. The first-order valence-electron chi connectivity index (χ1n) is 4.04. The average Bonchev–Trinajstić information content (AvgIpc) is 2.58. The number of carbonyl (C=O) groups is 2. The van der Waals surface area contributed by atoms with Gasteiger partial charge in [-0.05, 0) is 17.7 Å². The second-order valence-electron chi connectivity index (χ2n) is 2.53. The number of ether oxygens (including phenoxy) is 1. The largest absolute Gasteiger partial charge is 0.452 e. The fourth-order valence-electron chi connectivity index (χ4n) is 0.867. The minimum atomic E-state index is -0.884. The van der Waals surface area contributed by atoms with E-state index in [0.29, 0.717) is 0 Å². The van der Waals surface area contributed by atoms with Crippen LogP contribution in [0.25, 0.3) is 0 Å². The highest BCUT2D eigenvalue weighted by molar-refractivity contribution is 6.32. The van der Waals surface area contributed by atoms with E-state index in [1.54, 1.807) is 0 Å². The summed E-state index contributed by atoms with van der Waals surface area (Å²) in [5.74, 6) is -0.401. The van der Waals surface area contributed by atoms with Crippen molar-refractivity contribution in [2.45, 2.75) is 0 Å². The van der Waals surface area contributed by atoms with E-state index in [-0.39, 0.29) is 23.9 Å². The van der Waals surface area contributed by atoms with Gasteiger partial charge in [0.25, 0.3) is 5.91 Å². The lowest BCUT2D eigenvalue weighted by atomic mass is 10.3. The van der Waals surface area contributed by atoms with Crippen molar-refractivity contribution in [2.75, 3.05) is 13.2 Å². The van der Waals surface area contributed by atoms with Crippen LogP contribution in [-0.4, -0.2) is 25.2 Å². The number of nitrogens with two attached hydrogens (primary N) is 1. The maximum Gasteiger partial charge on any atom is 0.404 e. The van der Waals surface area contributed by atoms with E-state index in [4.69, 9.17) is 21.8 Å². The first-order valence-corrected chi connectivity index (χ1v) is 4.42. The molecule has 7 heteroatoms. The normalized spacial score (nSPS) is 9.67. The first kappa shape index (κ1) is 11.4. The van der Waals surface area contributed by atoms with Crippen LogP contribution in [0.4, 0.5) is 4.79 Å². The summed E-state index contributed by atoms with van der Waals surface area (Å²) in [5, 5.41) is 2.48. The number of rotatable bonds is 4. The van der Waals surface area contributed by atoms with E-state index in [2.05, 4.69) is 10.1 Å². The molecule has 0 aliphatic carbocycles. The smallest absolute Gasteiger partial charge is 0.404 e. The lowest BCUT2D eigenvalue weighted by Crippen LogP contribution is -2.28. The second kappa shape index (κ2) is 5.26. The second-order valence-corrected chi connectivity index (χ2v) is 2.87. The number of primary amides is 1. The highest BCUT2D eigenvalue weighted by Crippen LogP contribution is 2.15. The maximum atomic E-state index is 11.3. The monoisotopic (exact) mass is 232 g/mol. The van der Waals surface area contributed by atoms with Crippen molar-refractivity contribution < 1.29 is 18.7 Å². The molecular weight excluding hydrogens is 224 g/mol. The molecule has 1 aromatic rings. The van der Waals surface area contributed by atoms with Crippen molar-refractivity contribution in [3.63, 3.8) is 0 Å². The van der Waals surface area contributed by atoms with Crippen LogP contribution in [0, 0.1) is 0 Å². The molecule has 1 heterocycles. The molecule has 0 bridgehead atoms. The van der Waals surface area contributed by atoms with Crippen molar-refractivity contribution in [3.8, 4) is 0 Å². The van der Waals surface area contributed by atoms with E-state index in [1.807, 2.05) is 0 Å². The summed E-state index contributed by atoms with van der Waals surface area (Å²) in [4.78, 5) is 21.5. The summed E-state index contributed by atoms with van der Waals surface area (Å²) in [7, 11) is 0. The van der Waals surface area contributed by atoms with Crippen molar-refractivity contribution in [2.24, 2.45) is 5.73 Å². The average molecular weight is 233 g/mol. The Bertz CT molecular complexity index is 363. The van der Waals surface area contributed by atoms with Crippen LogP contribution >= 0.6 is 11.6 Å². The minimum Gasteiger partial charge on any atom is -0.452 e. The molecule has 3 N–H and O–H groups in total. The molecule has 0 saturated carbocycles. The summed E-state index contributed by atoms with van der Waals surface area (Å²) in [6.45, 7) is 0.166. The number of furan rings is 1. The zero-order valence-electron chi connectivity index (χ0n) is 7.66. The van der Waals surface area contributed by atoms with Crippen molar-refractivity contribution in [1.29, 1.82) is 0 Å². The van der Waals surface area contributed by atoms with E-state index in [9.17, 15) is 9.59 Å².